The highest BCUT2D eigenvalue weighted by Crippen LogP contribution is 2.25. The van der Waals surface area contributed by atoms with Crippen molar-refractivity contribution in [2.45, 2.75) is 37.1 Å². The lowest BCUT2D eigenvalue weighted by Gasteiger charge is -2.17. The predicted molar refractivity (Wildman–Crippen MR) is 103 cm³/mol. The van der Waals surface area contributed by atoms with E-state index < -0.39 is 9.84 Å². The second-order valence-corrected chi connectivity index (χ2v) is 9.02. The molecule has 0 aromatic heterocycles. The van der Waals surface area contributed by atoms with E-state index >= 15 is 0 Å². The van der Waals surface area contributed by atoms with E-state index in [1.165, 1.54) is 10.5 Å². The van der Waals surface area contributed by atoms with E-state index in [0.717, 1.165) is 30.4 Å². The van der Waals surface area contributed by atoms with Gasteiger partial charge in [0.05, 0.1) is 22.3 Å². The maximum Gasteiger partial charge on any atom is 0.223 e. The van der Waals surface area contributed by atoms with Crippen LogP contribution in [0.2, 0.25) is 0 Å². The molecule has 0 saturated carbocycles. The third kappa shape index (κ3) is 4.55. The topological polar surface area (TPSA) is 78.2 Å². The summed E-state index contributed by atoms with van der Waals surface area (Å²) in [6.45, 7) is 0.341. The Labute approximate surface area is 160 Å². The van der Waals surface area contributed by atoms with E-state index in [1.807, 2.05) is 12.1 Å². The molecule has 1 aliphatic carbocycles. The Bertz CT molecular complexity index is 1010. The lowest BCUT2D eigenvalue weighted by atomic mass is 10.1. The number of hydrogen-bond acceptors (Lipinski definition) is 4. The number of aryl methyl sites for hydroxylation is 2. The Morgan fingerprint density at radius 2 is 1.93 bits per heavy atom. The van der Waals surface area contributed by atoms with Crippen LogP contribution in [0.15, 0.2) is 47.4 Å². The quantitative estimate of drug-likeness (QED) is 0.770. The Balaban J connectivity index is 1.61. The van der Waals surface area contributed by atoms with Gasteiger partial charge < -0.3 is 4.90 Å². The minimum atomic E-state index is -3.48. The Morgan fingerprint density at radius 3 is 2.70 bits per heavy atom. The molecule has 140 valence electrons. The van der Waals surface area contributed by atoms with Crippen molar-refractivity contribution in [3.63, 3.8) is 0 Å². The summed E-state index contributed by atoms with van der Waals surface area (Å²) in [7, 11) is -1.84. The minimum absolute atomic E-state index is 0.0616. The summed E-state index contributed by atoms with van der Waals surface area (Å²) >= 11 is 0. The van der Waals surface area contributed by atoms with Crippen LogP contribution in [0.25, 0.3) is 0 Å². The number of nitriles is 1. The van der Waals surface area contributed by atoms with Gasteiger partial charge in [-0.2, -0.15) is 5.26 Å². The highest BCUT2D eigenvalue weighted by Gasteiger charge is 2.21. The summed E-state index contributed by atoms with van der Waals surface area (Å²) < 4.78 is 25.2. The van der Waals surface area contributed by atoms with Gasteiger partial charge in [0.1, 0.15) is 0 Å². The maximum absolute atomic E-state index is 12.6. The van der Waals surface area contributed by atoms with Gasteiger partial charge in [-0.05, 0) is 60.2 Å². The summed E-state index contributed by atoms with van der Waals surface area (Å²) in [6.07, 6.45) is 2.93. The first-order valence-corrected chi connectivity index (χ1v) is 10.6. The van der Waals surface area contributed by atoms with Crippen LogP contribution in [0, 0.1) is 11.3 Å². The smallest absolute Gasteiger partial charge is 0.223 e. The second kappa shape index (κ2) is 7.93. The predicted octanol–water partition coefficient (Wildman–Crippen LogP) is 2.87. The van der Waals surface area contributed by atoms with Crippen LogP contribution in [0.5, 0.6) is 0 Å². The summed E-state index contributed by atoms with van der Waals surface area (Å²) in [5, 5.41) is 8.95. The fourth-order valence-corrected chi connectivity index (χ4v) is 4.65. The minimum Gasteiger partial charge on any atom is -0.341 e. The largest absolute Gasteiger partial charge is 0.341 e. The molecule has 27 heavy (non-hydrogen) atoms. The Hall–Kier alpha value is -2.65. The highest BCUT2D eigenvalue weighted by molar-refractivity contribution is 7.91. The molecule has 0 aliphatic heterocycles. The van der Waals surface area contributed by atoms with E-state index in [0.29, 0.717) is 17.0 Å². The van der Waals surface area contributed by atoms with E-state index in [2.05, 4.69) is 6.07 Å². The molecule has 0 spiro atoms. The van der Waals surface area contributed by atoms with Crippen LogP contribution < -0.4 is 0 Å². The van der Waals surface area contributed by atoms with Crippen molar-refractivity contribution in [1.82, 2.24) is 4.90 Å². The van der Waals surface area contributed by atoms with Gasteiger partial charge >= 0.3 is 0 Å². The fraction of sp³-hybridized carbons (Fsp3) is 0.333. The first-order chi connectivity index (χ1) is 12.9. The summed E-state index contributed by atoms with van der Waals surface area (Å²) in [5.41, 5.74) is 3.71. The molecule has 0 heterocycles. The molecule has 0 bridgehead atoms. The van der Waals surface area contributed by atoms with Crippen LogP contribution in [-0.4, -0.2) is 32.0 Å². The average Bonchev–Trinajstić information content (AvgIpc) is 3.14. The molecule has 2 aromatic carbocycles. The van der Waals surface area contributed by atoms with Gasteiger partial charge in [0.15, 0.2) is 9.84 Å². The third-order valence-corrected chi connectivity index (χ3v) is 6.63. The van der Waals surface area contributed by atoms with Crippen molar-refractivity contribution >= 4 is 15.7 Å². The number of benzene rings is 2. The van der Waals surface area contributed by atoms with Crippen molar-refractivity contribution in [1.29, 1.82) is 5.26 Å². The fourth-order valence-electron chi connectivity index (χ4n) is 3.37. The zero-order valence-corrected chi connectivity index (χ0v) is 16.1. The molecular formula is C21H22N2O3S. The molecule has 6 heteroatoms. The summed E-state index contributed by atoms with van der Waals surface area (Å²) in [6, 6.07) is 14.4. The molecule has 2 aromatic rings. The van der Waals surface area contributed by atoms with Gasteiger partial charge in [0.2, 0.25) is 5.91 Å². The van der Waals surface area contributed by atoms with Gasteiger partial charge in [-0.25, -0.2) is 8.42 Å². The standard InChI is InChI=1S/C21H22N2O3S/c1-23(15-17-5-2-4-16(12-17)14-22)21(24)10-11-27(25,26)20-9-8-18-6-3-7-19(18)13-20/h2,4-5,8-9,12-13H,3,6-7,10-11,15H2,1H3. The summed E-state index contributed by atoms with van der Waals surface area (Å²) in [4.78, 5) is 14.2. The van der Waals surface area contributed by atoms with Crippen LogP contribution in [0.1, 0.15) is 35.1 Å². The zero-order chi connectivity index (χ0) is 19.4. The van der Waals surface area contributed by atoms with Crippen LogP contribution in [0.3, 0.4) is 0 Å². The number of carbonyl (C=O) groups is 1. The molecule has 0 N–H and O–H groups in total. The van der Waals surface area contributed by atoms with Crippen molar-refractivity contribution in [2.24, 2.45) is 0 Å². The molecule has 0 fully saturated rings. The van der Waals surface area contributed by atoms with Crippen molar-refractivity contribution in [3.8, 4) is 6.07 Å². The lowest BCUT2D eigenvalue weighted by molar-refractivity contribution is -0.130. The number of amides is 1. The molecule has 0 atom stereocenters. The second-order valence-electron chi connectivity index (χ2n) is 6.91. The number of rotatable bonds is 6. The van der Waals surface area contributed by atoms with Crippen LogP contribution in [-0.2, 0) is 34.0 Å². The van der Waals surface area contributed by atoms with Gasteiger partial charge in [0.25, 0.3) is 0 Å². The van der Waals surface area contributed by atoms with Gasteiger partial charge in [0, 0.05) is 20.0 Å². The molecule has 0 unspecified atom stereocenters. The van der Waals surface area contributed by atoms with Gasteiger partial charge in [-0.1, -0.05) is 18.2 Å². The van der Waals surface area contributed by atoms with E-state index in [1.54, 1.807) is 37.4 Å². The highest BCUT2D eigenvalue weighted by atomic mass is 32.2. The molecule has 0 saturated heterocycles. The number of nitrogens with zero attached hydrogens (tertiary/aromatic N) is 2. The first-order valence-electron chi connectivity index (χ1n) is 8.96. The summed E-state index contributed by atoms with van der Waals surface area (Å²) in [5.74, 6) is -0.435. The van der Waals surface area contributed by atoms with E-state index in [-0.39, 0.29) is 18.1 Å². The van der Waals surface area contributed by atoms with E-state index in [4.69, 9.17) is 5.26 Å². The number of hydrogen-bond donors (Lipinski definition) is 0. The first kappa shape index (κ1) is 19.1. The zero-order valence-electron chi connectivity index (χ0n) is 15.3. The molecular weight excluding hydrogens is 360 g/mol. The van der Waals surface area contributed by atoms with Crippen LogP contribution >= 0.6 is 0 Å². The van der Waals surface area contributed by atoms with Crippen molar-refractivity contribution in [3.05, 3.63) is 64.7 Å². The van der Waals surface area contributed by atoms with Crippen molar-refractivity contribution < 1.29 is 13.2 Å². The SMILES string of the molecule is CN(Cc1cccc(C#N)c1)C(=O)CCS(=O)(=O)c1ccc2c(c1)CCC2. The third-order valence-electron chi connectivity index (χ3n) is 4.92. The molecule has 1 amide bonds. The van der Waals surface area contributed by atoms with Gasteiger partial charge in [-0.3, -0.25) is 4.79 Å². The average molecular weight is 382 g/mol. The maximum atomic E-state index is 12.6. The molecule has 0 radical (unpaired) electrons. The normalized spacial score (nSPS) is 13.0. The number of carbonyl (C=O) groups excluding carboxylic acids is 1. The lowest BCUT2D eigenvalue weighted by Crippen LogP contribution is -2.28. The molecule has 3 rings (SSSR count). The Kier molecular flexibility index (Phi) is 5.62. The number of sulfone groups is 1. The Morgan fingerprint density at radius 1 is 1.15 bits per heavy atom. The monoisotopic (exact) mass is 382 g/mol. The number of fused-ring (bicyclic) bond motifs is 1. The van der Waals surface area contributed by atoms with Crippen molar-refractivity contribution in [2.75, 3.05) is 12.8 Å². The van der Waals surface area contributed by atoms with E-state index in [9.17, 15) is 13.2 Å². The van der Waals surface area contributed by atoms with Gasteiger partial charge in [-0.15, -0.1) is 0 Å². The molecule has 5 nitrogen and oxygen atoms in total. The molecule has 1 aliphatic rings. The van der Waals surface area contributed by atoms with Crippen LogP contribution in [0.4, 0.5) is 0 Å².